The molecule has 0 rings (SSSR count). The molecule has 3 atom stereocenters. The molecule has 0 aliphatic carbocycles. The normalized spacial score (nSPS) is 15.0. The fourth-order valence-corrected chi connectivity index (χ4v) is 2.30. The molecule has 12 nitrogen and oxygen atoms in total. The van der Waals surface area contributed by atoms with Crippen molar-refractivity contribution in [2.45, 2.75) is 39.9 Å². The Balaban J connectivity index is 4.64. The summed E-state index contributed by atoms with van der Waals surface area (Å²) in [4.78, 5) is 53.2. The minimum absolute atomic E-state index is 0.391. The van der Waals surface area contributed by atoms with Gasteiger partial charge in [-0.2, -0.15) is 0 Å². The molecule has 27 heavy (non-hydrogen) atoms. The van der Waals surface area contributed by atoms with Crippen LogP contribution < -0.4 is 0 Å². The Bertz CT molecular complexity index is 528. The van der Waals surface area contributed by atoms with Crippen molar-refractivity contribution in [2.75, 3.05) is 26.4 Å². The SMILES string of the molecule is CC(=O)OCC(COP(=O)(O)OC[C@@H](COC(C)=O)OC(C)=O)OC(C)=O. The average molecular weight is 414 g/mol. The Kier molecular flexibility index (Phi) is 11.5. The molecule has 0 spiro atoms. The van der Waals surface area contributed by atoms with Crippen molar-refractivity contribution >= 4 is 31.7 Å². The third kappa shape index (κ3) is 14.8. The number of ether oxygens (including phenoxy) is 4. The Hall–Kier alpha value is -2.01. The number of hydrogen-bond acceptors (Lipinski definition) is 11. The van der Waals surface area contributed by atoms with Gasteiger partial charge in [-0.05, 0) is 0 Å². The van der Waals surface area contributed by atoms with Crippen LogP contribution in [0.2, 0.25) is 0 Å². The van der Waals surface area contributed by atoms with Crippen LogP contribution in [-0.4, -0.2) is 67.4 Å². The summed E-state index contributed by atoms with van der Waals surface area (Å²) in [5, 5.41) is 0. The van der Waals surface area contributed by atoms with E-state index in [-0.39, 0.29) is 0 Å². The van der Waals surface area contributed by atoms with Crippen LogP contribution in [0.4, 0.5) is 0 Å². The Morgan fingerprint density at radius 3 is 1.30 bits per heavy atom. The number of rotatable bonds is 12. The number of carbonyl (C=O) groups is 4. The van der Waals surface area contributed by atoms with Gasteiger partial charge in [-0.1, -0.05) is 0 Å². The molecule has 0 aromatic heterocycles. The monoisotopic (exact) mass is 414 g/mol. The molecule has 0 aromatic rings. The van der Waals surface area contributed by atoms with Crippen LogP contribution in [0.25, 0.3) is 0 Å². The lowest BCUT2D eigenvalue weighted by molar-refractivity contribution is -0.159. The highest BCUT2D eigenvalue weighted by atomic mass is 31.2. The van der Waals surface area contributed by atoms with E-state index in [1.54, 1.807) is 0 Å². The van der Waals surface area contributed by atoms with E-state index < -0.39 is 70.3 Å². The summed E-state index contributed by atoms with van der Waals surface area (Å²) in [6.45, 7) is 2.44. The Morgan fingerprint density at radius 2 is 1.04 bits per heavy atom. The van der Waals surface area contributed by atoms with E-state index in [1.165, 1.54) is 0 Å². The van der Waals surface area contributed by atoms with Crippen LogP contribution in [0.1, 0.15) is 27.7 Å². The van der Waals surface area contributed by atoms with E-state index in [0.29, 0.717) is 0 Å². The van der Waals surface area contributed by atoms with E-state index in [2.05, 4.69) is 18.5 Å². The minimum atomic E-state index is -4.65. The lowest BCUT2D eigenvalue weighted by Crippen LogP contribution is -2.30. The first-order valence-electron chi connectivity index (χ1n) is 7.64. The molecular formula is C14H23O12P. The molecule has 0 aromatic carbocycles. The fourth-order valence-electron chi connectivity index (χ4n) is 1.51. The van der Waals surface area contributed by atoms with Gasteiger partial charge in [-0.3, -0.25) is 28.2 Å². The maximum absolute atomic E-state index is 11.9. The van der Waals surface area contributed by atoms with Gasteiger partial charge in [0.15, 0.2) is 12.2 Å². The van der Waals surface area contributed by atoms with Crippen molar-refractivity contribution in [3.05, 3.63) is 0 Å². The predicted molar refractivity (Wildman–Crippen MR) is 86.1 cm³/mol. The zero-order valence-corrected chi connectivity index (χ0v) is 16.3. The summed E-state index contributed by atoms with van der Waals surface area (Å²) in [7, 11) is -4.65. The molecule has 1 N–H and O–H groups in total. The highest BCUT2D eigenvalue weighted by molar-refractivity contribution is 7.47. The first-order valence-corrected chi connectivity index (χ1v) is 9.14. The summed E-state index contributed by atoms with van der Waals surface area (Å²) >= 11 is 0. The number of phosphoric acid groups is 1. The van der Waals surface area contributed by atoms with E-state index in [0.717, 1.165) is 27.7 Å². The second-order valence-electron chi connectivity index (χ2n) is 5.13. The number of esters is 4. The van der Waals surface area contributed by atoms with Gasteiger partial charge in [-0.25, -0.2) is 4.57 Å². The lowest BCUT2D eigenvalue weighted by atomic mass is 10.4. The molecule has 0 aliphatic heterocycles. The van der Waals surface area contributed by atoms with Gasteiger partial charge in [0, 0.05) is 27.7 Å². The van der Waals surface area contributed by atoms with Crippen molar-refractivity contribution < 1.29 is 56.6 Å². The van der Waals surface area contributed by atoms with Gasteiger partial charge < -0.3 is 23.8 Å². The predicted octanol–water partition coefficient (Wildman–Crippen LogP) is 0.110. The summed E-state index contributed by atoms with van der Waals surface area (Å²) in [5.41, 5.74) is 0. The molecule has 0 radical (unpaired) electrons. The molecule has 0 saturated heterocycles. The van der Waals surface area contributed by atoms with Crippen LogP contribution >= 0.6 is 7.82 Å². The topological polar surface area (TPSA) is 161 Å². The quantitative estimate of drug-likeness (QED) is 0.261. The third-order valence-corrected chi connectivity index (χ3v) is 3.41. The van der Waals surface area contributed by atoms with Crippen molar-refractivity contribution in [1.29, 1.82) is 0 Å². The van der Waals surface area contributed by atoms with Crippen molar-refractivity contribution in [3.8, 4) is 0 Å². The largest absolute Gasteiger partial charge is 0.472 e. The maximum Gasteiger partial charge on any atom is 0.472 e. The van der Waals surface area contributed by atoms with E-state index in [4.69, 9.17) is 9.47 Å². The van der Waals surface area contributed by atoms with Crippen LogP contribution in [0.15, 0.2) is 0 Å². The first kappa shape index (κ1) is 25.0. The van der Waals surface area contributed by atoms with Gasteiger partial charge >= 0.3 is 31.7 Å². The van der Waals surface area contributed by atoms with Gasteiger partial charge in [0.2, 0.25) is 0 Å². The fraction of sp³-hybridized carbons (Fsp3) is 0.714. The van der Waals surface area contributed by atoms with Gasteiger partial charge in [-0.15, -0.1) is 0 Å². The summed E-state index contributed by atoms with van der Waals surface area (Å²) in [6.07, 6.45) is -2.28. The molecule has 0 aliphatic rings. The van der Waals surface area contributed by atoms with Crippen molar-refractivity contribution in [3.63, 3.8) is 0 Å². The molecule has 156 valence electrons. The zero-order valence-electron chi connectivity index (χ0n) is 15.4. The minimum Gasteiger partial charge on any atom is -0.462 e. The summed E-state index contributed by atoms with van der Waals surface area (Å²) < 4.78 is 40.1. The molecule has 0 amide bonds. The molecular weight excluding hydrogens is 391 g/mol. The number of carbonyl (C=O) groups excluding carboxylic acids is 4. The standard InChI is InChI=1S/C14H23O12P/c1-9(15)21-5-13(25-11(3)17)7-23-27(19,20)24-8-14(26-12(4)18)6-22-10(2)16/h13-14H,5-8H2,1-4H3,(H,19,20)/t13-,14?/m1/s1. The number of hydrogen-bond donors (Lipinski definition) is 1. The van der Waals surface area contributed by atoms with E-state index in [1.807, 2.05) is 0 Å². The molecule has 0 heterocycles. The maximum atomic E-state index is 11.9. The van der Waals surface area contributed by atoms with E-state index >= 15 is 0 Å². The van der Waals surface area contributed by atoms with Gasteiger partial charge in [0.1, 0.15) is 13.2 Å². The second-order valence-corrected chi connectivity index (χ2v) is 6.58. The highest BCUT2D eigenvalue weighted by Crippen LogP contribution is 2.43. The smallest absolute Gasteiger partial charge is 0.462 e. The van der Waals surface area contributed by atoms with Crippen molar-refractivity contribution in [1.82, 2.24) is 0 Å². The molecule has 0 fully saturated rings. The molecule has 0 saturated carbocycles. The van der Waals surface area contributed by atoms with Crippen LogP contribution in [0.3, 0.4) is 0 Å². The van der Waals surface area contributed by atoms with Crippen LogP contribution in [0, 0.1) is 0 Å². The second kappa shape index (κ2) is 12.4. The first-order chi connectivity index (χ1) is 12.4. The summed E-state index contributed by atoms with van der Waals surface area (Å²) in [5.74, 6) is -2.74. The third-order valence-electron chi connectivity index (χ3n) is 2.46. The lowest BCUT2D eigenvalue weighted by Gasteiger charge is -2.21. The summed E-state index contributed by atoms with van der Waals surface area (Å²) in [6, 6.07) is 0. The van der Waals surface area contributed by atoms with Gasteiger partial charge in [0.25, 0.3) is 0 Å². The van der Waals surface area contributed by atoms with E-state index in [9.17, 15) is 28.6 Å². The number of phosphoric ester groups is 1. The molecule has 0 bridgehead atoms. The Labute approximate surface area is 155 Å². The van der Waals surface area contributed by atoms with Crippen LogP contribution in [0.5, 0.6) is 0 Å². The average Bonchev–Trinajstić information content (AvgIpc) is 2.51. The zero-order chi connectivity index (χ0) is 21.0. The molecule has 13 heteroatoms. The highest BCUT2D eigenvalue weighted by Gasteiger charge is 2.28. The molecule has 2 unspecified atom stereocenters. The van der Waals surface area contributed by atoms with Gasteiger partial charge in [0.05, 0.1) is 13.2 Å². The Morgan fingerprint density at radius 1 is 0.704 bits per heavy atom. The van der Waals surface area contributed by atoms with Crippen molar-refractivity contribution in [2.24, 2.45) is 0 Å². The van der Waals surface area contributed by atoms with Crippen LogP contribution in [-0.2, 0) is 51.7 Å².